The van der Waals surface area contributed by atoms with E-state index in [4.69, 9.17) is 0 Å². The average Bonchev–Trinajstić information content (AvgIpc) is 3.97. The number of likely N-dealkylation sites (N-methyl/N-ethyl adjacent to an activating group) is 1. The van der Waals surface area contributed by atoms with E-state index < -0.39 is 30.1 Å². The van der Waals surface area contributed by atoms with Gasteiger partial charge in [-0.1, -0.05) is 6.07 Å². The van der Waals surface area contributed by atoms with Gasteiger partial charge in [0, 0.05) is 49.2 Å². The topological polar surface area (TPSA) is 203 Å². The van der Waals surface area contributed by atoms with Crippen molar-refractivity contribution in [2.24, 2.45) is 0 Å². The highest BCUT2D eigenvalue weighted by Gasteiger charge is 2.37. The molecule has 0 bridgehead atoms. The van der Waals surface area contributed by atoms with E-state index in [0.717, 1.165) is 17.7 Å². The number of nitrogens with one attached hydrogen (secondary N) is 3. The lowest BCUT2D eigenvalue weighted by atomic mass is 10.1. The highest BCUT2D eigenvalue weighted by molar-refractivity contribution is 5.86. The van der Waals surface area contributed by atoms with Gasteiger partial charge < -0.3 is 34.9 Å². The molecule has 4 aromatic rings. The molecule has 0 radical (unpaired) electrons. The van der Waals surface area contributed by atoms with Crippen molar-refractivity contribution in [3.8, 4) is 33.9 Å². The number of hydrogen-bond donors (Lipinski definition) is 4. The molecule has 0 spiro atoms. The van der Waals surface area contributed by atoms with Crippen molar-refractivity contribution in [3.63, 3.8) is 0 Å². The molecule has 4 N–H and O–H groups in total. The molecule has 17 heteroatoms. The number of ether oxygens (including phenoxy) is 1. The number of aromatic amines is 2. The van der Waals surface area contributed by atoms with Crippen molar-refractivity contribution >= 4 is 24.0 Å². The van der Waals surface area contributed by atoms with Gasteiger partial charge in [-0.15, -0.1) is 0 Å². The minimum atomic E-state index is -1.19. The van der Waals surface area contributed by atoms with Gasteiger partial charge in [-0.05, 0) is 51.7 Å². The molecule has 268 valence electrons. The Morgan fingerprint density at radius 2 is 1.49 bits per heavy atom. The number of carboxylic acid groups (broad SMARTS) is 1. The summed E-state index contributed by atoms with van der Waals surface area (Å²) >= 11 is 0. The van der Waals surface area contributed by atoms with E-state index in [9.17, 15) is 24.3 Å². The normalized spacial score (nSPS) is 18.4. The minimum Gasteiger partial charge on any atom is -0.465 e. The van der Waals surface area contributed by atoms with Crippen LogP contribution in [0.2, 0.25) is 0 Å². The van der Waals surface area contributed by atoms with Crippen LogP contribution in [-0.2, 0) is 14.3 Å². The fourth-order valence-corrected chi connectivity index (χ4v) is 6.53. The van der Waals surface area contributed by atoms with Crippen LogP contribution < -0.4 is 5.32 Å². The lowest BCUT2D eigenvalue weighted by Gasteiger charge is -2.29. The first-order chi connectivity index (χ1) is 24.5. The molecule has 2 saturated heterocycles. The van der Waals surface area contributed by atoms with Gasteiger partial charge in [-0.2, -0.15) is 0 Å². The number of carbonyl (C=O) groups is 4. The van der Waals surface area contributed by atoms with Crippen LogP contribution in [0.15, 0.2) is 43.0 Å². The summed E-state index contributed by atoms with van der Waals surface area (Å²) in [7, 11) is 2.60. The molecule has 2 aliphatic heterocycles. The molecule has 0 saturated carbocycles. The standard InChI is InChI=1S/C34H39FN10O6/c1-18(40-33(48)51-4)31(46)44-11-5-7-26(44)29-38-16-24(41-29)21-14-36-28(37-15-21)20-9-10-22(23(35)13-20)25-17-39-30(42-25)27-8-6-12-45(27)32(47)19(2)43(3)34(49)50/h9-10,13-19,26-27H,5-8,11-12H2,1-4H3,(H,38,41)(H,39,42)(H,40,48)(H,49,50)/t18-,19-,26-,27-/m0/s1. The number of H-pyrrole nitrogens is 2. The third kappa shape index (κ3) is 7.09. The first-order valence-electron chi connectivity index (χ1n) is 16.6. The second-order valence-corrected chi connectivity index (χ2v) is 12.7. The molecule has 0 aliphatic carbocycles. The number of nitrogens with zero attached hydrogens (tertiary/aromatic N) is 7. The van der Waals surface area contributed by atoms with Gasteiger partial charge in [0.2, 0.25) is 11.8 Å². The summed E-state index contributed by atoms with van der Waals surface area (Å²) in [5.41, 5.74) is 2.49. The molecule has 0 unspecified atom stereocenters. The average molecular weight is 703 g/mol. The first-order valence-corrected chi connectivity index (χ1v) is 16.6. The SMILES string of the molecule is COC(=O)N[C@@H](C)C(=O)N1CCC[C@H]1c1ncc(-c2cnc(-c3ccc(-c4cnc([C@@H]5CCCN5C(=O)[C@H](C)N(C)C(=O)O)[nH]4)c(F)c3)nc2)[nH]1. The van der Waals surface area contributed by atoms with Gasteiger partial charge in [0.15, 0.2) is 5.82 Å². The molecule has 2 fully saturated rings. The number of hydrogen-bond acceptors (Lipinski definition) is 9. The van der Waals surface area contributed by atoms with Crippen LogP contribution >= 0.6 is 0 Å². The molecule has 1 aromatic carbocycles. The molecular formula is C34H39FN10O6. The highest BCUT2D eigenvalue weighted by atomic mass is 19.1. The summed E-state index contributed by atoms with van der Waals surface area (Å²) in [6, 6.07) is 2.38. The van der Waals surface area contributed by atoms with Crippen molar-refractivity contribution in [1.29, 1.82) is 0 Å². The number of methoxy groups -OCH3 is 1. The maximum Gasteiger partial charge on any atom is 0.407 e. The largest absolute Gasteiger partial charge is 0.465 e. The predicted octanol–water partition coefficient (Wildman–Crippen LogP) is 4.13. The van der Waals surface area contributed by atoms with E-state index in [0.29, 0.717) is 65.9 Å². The zero-order valence-corrected chi connectivity index (χ0v) is 28.6. The molecule has 16 nitrogen and oxygen atoms in total. The Morgan fingerprint density at radius 3 is 2.08 bits per heavy atom. The van der Waals surface area contributed by atoms with Crippen LogP contribution in [0.4, 0.5) is 14.0 Å². The fraction of sp³-hybridized carbons (Fsp3) is 0.412. The number of likely N-dealkylation sites (tertiary alicyclic amines) is 2. The van der Waals surface area contributed by atoms with Gasteiger partial charge >= 0.3 is 12.2 Å². The molecule has 2 aliphatic rings. The van der Waals surface area contributed by atoms with Gasteiger partial charge in [0.1, 0.15) is 29.5 Å². The number of halogens is 1. The van der Waals surface area contributed by atoms with Crippen molar-refractivity contribution in [3.05, 3.63) is 60.5 Å². The van der Waals surface area contributed by atoms with Gasteiger partial charge in [-0.25, -0.2) is 33.9 Å². The maximum atomic E-state index is 15.5. The van der Waals surface area contributed by atoms with Crippen LogP contribution in [0.3, 0.4) is 0 Å². The summed E-state index contributed by atoms with van der Waals surface area (Å²) < 4.78 is 20.1. The Hall–Kier alpha value is -5.87. The van der Waals surface area contributed by atoms with Crippen molar-refractivity contribution in [1.82, 2.24) is 49.9 Å². The lowest BCUT2D eigenvalue weighted by molar-refractivity contribution is -0.136. The van der Waals surface area contributed by atoms with Crippen molar-refractivity contribution in [2.75, 3.05) is 27.2 Å². The zero-order valence-electron chi connectivity index (χ0n) is 28.6. The van der Waals surface area contributed by atoms with Crippen LogP contribution in [0.25, 0.3) is 33.9 Å². The Kier molecular flexibility index (Phi) is 9.97. The monoisotopic (exact) mass is 702 g/mol. The highest BCUT2D eigenvalue weighted by Crippen LogP contribution is 2.34. The smallest absolute Gasteiger partial charge is 0.407 e. The Bertz CT molecular complexity index is 1930. The second-order valence-electron chi connectivity index (χ2n) is 12.7. The van der Waals surface area contributed by atoms with Crippen LogP contribution in [0.1, 0.15) is 63.3 Å². The summed E-state index contributed by atoms with van der Waals surface area (Å²) in [5, 5.41) is 11.8. The molecule has 4 atom stereocenters. The lowest BCUT2D eigenvalue weighted by Crippen LogP contribution is -2.47. The summed E-state index contributed by atoms with van der Waals surface area (Å²) in [6.07, 6.45) is 7.39. The third-order valence-electron chi connectivity index (χ3n) is 9.50. The number of alkyl carbamates (subject to hydrolysis) is 1. The quantitative estimate of drug-likeness (QED) is 0.196. The van der Waals surface area contributed by atoms with Gasteiger partial charge in [0.25, 0.3) is 0 Å². The van der Waals surface area contributed by atoms with E-state index in [-0.39, 0.29) is 29.5 Å². The van der Waals surface area contributed by atoms with E-state index in [1.165, 1.54) is 26.4 Å². The maximum absolute atomic E-state index is 15.5. The molecule has 51 heavy (non-hydrogen) atoms. The third-order valence-corrected chi connectivity index (χ3v) is 9.50. The molecule has 3 aromatic heterocycles. The fourth-order valence-electron chi connectivity index (χ4n) is 6.53. The van der Waals surface area contributed by atoms with Crippen molar-refractivity contribution in [2.45, 2.75) is 63.7 Å². The van der Waals surface area contributed by atoms with E-state index in [1.54, 1.807) is 54.4 Å². The number of imidazole rings is 2. The van der Waals surface area contributed by atoms with Gasteiger partial charge in [-0.3, -0.25) is 14.5 Å². The van der Waals surface area contributed by atoms with Crippen LogP contribution in [0, 0.1) is 5.82 Å². The number of carbonyl (C=O) groups excluding carboxylic acids is 3. The Morgan fingerprint density at radius 1 is 0.902 bits per heavy atom. The molecule has 4 amide bonds. The zero-order chi connectivity index (χ0) is 36.4. The first kappa shape index (κ1) is 35.0. The predicted molar refractivity (Wildman–Crippen MR) is 180 cm³/mol. The molecular weight excluding hydrogens is 663 g/mol. The number of amides is 4. The summed E-state index contributed by atoms with van der Waals surface area (Å²) in [4.78, 5) is 77.7. The Balaban J connectivity index is 1.13. The van der Waals surface area contributed by atoms with E-state index >= 15 is 4.39 Å². The molecule has 5 heterocycles. The number of rotatable bonds is 9. The van der Waals surface area contributed by atoms with E-state index in [2.05, 4.69) is 40.0 Å². The van der Waals surface area contributed by atoms with Gasteiger partial charge in [0.05, 0.1) is 43.0 Å². The van der Waals surface area contributed by atoms with Crippen LogP contribution in [-0.4, -0.2) is 113 Å². The number of aromatic nitrogens is 6. The van der Waals surface area contributed by atoms with Crippen LogP contribution in [0.5, 0.6) is 0 Å². The number of benzene rings is 1. The second kappa shape index (κ2) is 14.5. The minimum absolute atomic E-state index is 0.232. The van der Waals surface area contributed by atoms with Crippen molar-refractivity contribution < 1.29 is 33.4 Å². The molecule has 6 rings (SSSR count). The summed E-state index contributed by atoms with van der Waals surface area (Å²) in [6.45, 7) is 4.16. The van der Waals surface area contributed by atoms with E-state index in [1.807, 2.05) is 0 Å². The summed E-state index contributed by atoms with van der Waals surface area (Å²) in [5.74, 6) is 0.360. The Labute approximate surface area is 292 Å².